The van der Waals surface area contributed by atoms with Gasteiger partial charge in [0.25, 0.3) is 0 Å². The van der Waals surface area contributed by atoms with Crippen molar-refractivity contribution in [2.45, 2.75) is 31.7 Å². The summed E-state index contributed by atoms with van der Waals surface area (Å²) in [6, 6.07) is 8.66. The molecule has 1 fully saturated rings. The molecule has 0 amide bonds. The van der Waals surface area contributed by atoms with E-state index in [4.69, 9.17) is 9.47 Å². The van der Waals surface area contributed by atoms with Gasteiger partial charge in [-0.25, -0.2) is 0 Å². The average Bonchev–Trinajstić information content (AvgIpc) is 2.92. The Hall–Kier alpha value is -1.55. The number of nitrogens with zero attached hydrogens (tertiary/aromatic N) is 2. The molecule has 1 unspecified atom stereocenters. The molecular weight excluding hydrogens is 252 g/mol. The number of hydrazone groups is 1. The largest absolute Gasteiger partial charge is 0.497 e. The van der Waals surface area contributed by atoms with E-state index in [0.29, 0.717) is 6.04 Å². The molecule has 0 aliphatic carbocycles. The Morgan fingerprint density at radius 1 is 1.40 bits per heavy atom. The van der Waals surface area contributed by atoms with Gasteiger partial charge in [0.2, 0.25) is 0 Å². The second kappa shape index (κ2) is 7.90. The van der Waals surface area contributed by atoms with E-state index in [1.165, 1.54) is 18.4 Å². The molecule has 0 aromatic heterocycles. The van der Waals surface area contributed by atoms with Crippen molar-refractivity contribution in [3.8, 4) is 5.75 Å². The number of ether oxygens (including phenoxy) is 2. The van der Waals surface area contributed by atoms with Crippen molar-refractivity contribution in [3.05, 3.63) is 29.8 Å². The number of methoxy groups -OCH3 is 2. The van der Waals surface area contributed by atoms with Crippen LogP contribution < -0.4 is 4.74 Å². The van der Waals surface area contributed by atoms with Gasteiger partial charge >= 0.3 is 0 Å². The van der Waals surface area contributed by atoms with Crippen LogP contribution in [0.2, 0.25) is 0 Å². The number of hydrogen-bond acceptors (Lipinski definition) is 4. The van der Waals surface area contributed by atoms with Gasteiger partial charge in [0.05, 0.1) is 19.8 Å². The van der Waals surface area contributed by atoms with Crippen LogP contribution in [0.3, 0.4) is 0 Å². The Morgan fingerprint density at radius 3 is 3.10 bits per heavy atom. The third-order valence-electron chi connectivity index (χ3n) is 3.63. The standard InChI is InChI=1S/C16H24N2O2/c1-19-13-15-8-5-11-18(15)17-10-4-7-14-6-3-9-16(12-14)20-2/h3,6,9-10,12,15H,4-5,7-8,11,13H2,1-2H3/b17-10+. The number of aryl methyl sites for hydroxylation is 1. The highest BCUT2D eigenvalue weighted by Crippen LogP contribution is 2.17. The molecule has 1 heterocycles. The van der Waals surface area contributed by atoms with Crippen molar-refractivity contribution >= 4 is 6.21 Å². The first-order valence-electron chi connectivity index (χ1n) is 7.24. The second-order valence-electron chi connectivity index (χ2n) is 5.10. The Bertz CT molecular complexity index is 434. The monoisotopic (exact) mass is 276 g/mol. The SMILES string of the molecule is COCC1CCCN1/N=C/CCc1cccc(OC)c1. The lowest BCUT2D eigenvalue weighted by Gasteiger charge is -2.20. The molecule has 0 N–H and O–H groups in total. The summed E-state index contributed by atoms with van der Waals surface area (Å²) in [7, 11) is 3.45. The lowest BCUT2D eigenvalue weighted by Crippen LogP contribution is -2.28. The zero-order valence-electron chi connectivity index (χ0n) is 12.4. The molecule has 1 aliphatic rings. The normalized spacial score (nSPS) is 18.9. The van der Waals surface area contributed by atoms with Crippen molar-refractivity contribution in [1.29, 1.82) is 0 Å². The molecule has 20 heavy (non-hydrogen) atoms. The quantitative estimate of drug-likeness (QED) is 0.718. The fourth-order valence-electron chi connectivity index (χ4n) is 2.56. The Morgan fingerprint density at radius 2 is 2.30 bits per heavy atom. The Kier molecular flexibility index (Phi) is 5.87. The Labute approximate surface area is 121 Å². The zero-order valence-corrected chi connectivity index (χ0v) is 12.4. The highest BCUT2D eigenvalue weighted by molar-refractivity contribution is 5.57. The molecule has 2 rings (SSSR count). The minimum atomic E-state index is 0.452. The summed E-state index contributed by atoms with van der Waals surface area (Å²) in [6.45, 7) is 1.82. The van der Waals surface area contributed by atoms with Gasteiger partial charge in [-0.05, 0) is 43.4 Å². The van der Waals surface area contributed by atoms with Gasteiger partial charge in [-0.15, -0.1) is 0 Å². The number of benzene rings is 1. The maximum atomic E-state index is 5.23. The van der Waals surface area contributed by atoms with Crippen LogP contribution in [0, 0.1) is 0 Å². The maximum Gasteiger partial charge on any atom is 0.119 e. The fraction of sp³-hybridized carbons (Fsp3) is 0.562. The van der Waals surface area contributed by atoms with Crippen LogP contribution in [0.25, 0.3) is 0 Å². The summed E-state index contributed by atoms with van der Waals surface area (Å²) in [5.74, 6) is 0.916. The molecule has 0 bridgehead atoms. The predicted octanol–water partition coefficient (Wildman–Crippen LogP) is 2.72. The van der Waals surface area contributed by atoms with E-state index in [1.54, 1.807) is 14.2 Å². The summed E-state index contributed by atoms with van der Waals surface area (Å²) in [5, 5.41) is 6.74. The van der Waals surface area contributed by atoms with Crippen LogP contribution in [0.4, 0.5) is 0 Å². The number of hydrogen-bond donors (Lipinski definition) is 0. The van der Waals surface area contributed by atoms with E-state index in [2.05, 4.69) is 22.2 Å². The Balaban J connectivity index is 1.78. The highest BCUT2D eigenvalue weighted by atomic mass is 16.5. The van der Waals surface area contributed by atoms with Crippen molar-refractivity contribution in [2.75, 3.05) is 27.4 Å². The van der Waals surface area contributed by atoms with Crippen LogP contribution in [0.1, 0.15) is 24.8 Å². The smallest absolute Gasteiger partial charge is 0.119 e. The van der Waals surface area contributed by atoms with Crippen LogP contribution in [0.15, 0.2) is 29.4 Å². The van der Waals surface area contributed by atoms with Gasteiger partial charge in [0.15, 0.2) is 0 Å². The van der Waals surface area contributed by atoms with E-state index in [-0.39, 0.29) is 0 Å². The van der Waals surface area contributed by atoms with E-state index in [1.807, 2.05) is 18.3 Å². The molecule has 4 nitrogen and oxygen atoms in total. The van der Waals surface area contributed by atoms with Crippen molar-refractivity contribution in [1.82, 2.24) is 5.01 Å². The summed E-state index contributed by atoms with van der Waals surface area (Å²) in [6.07, 6.45) is 6.35. The van der Waals surface area contributed by atoms with Crippen molar-refractivity contribution < 1.29 is 9.47 Å². The summed E-state index contributed by atoms with van der Waals surface area (Å²) >= 11 is 0. The van der Waals surface area contributed by atoms with Gasteiger partial charge in [-0.2, -0.15) is 5.10 Å². The lowest BCUT2D eigenvalue weighted by molar-refractivity contribution is 0.118. The molecule has 0 radical (unpaired) electrons. The predicted molar refractivity (Wildman–Crippen MR) is 81.4 cm³/mol. The molecule has 110 valence electrons. The van der Waals surface area contributed by atoms with Crippen LogP contribution >= 0.6 is 0 Å². The second-order valence-corrected chi connectivity index (χ2v) is 5.10. The average molecular weight is 276 g/mol. The molecule has 1 atom stereocenters. The molecule has 1 aliphatic heterocycles. The first kappa shape index (κ1) is 14.9. The number of rotatable bonds is 7. The molecule has 4 heteroatoms. The van der Waals surface area contributed by atoms with Crippen LogP contribution in [-0.2, 0) is 11.2 Å². The molecule has 0 saturated carbocycles. The summed E-state index contributed by atoms with van der Waals surface area (Å²) < 4.78 is 10.5. The molecular formula is C16H24N2O2. The minimum absolute atomic E-state index is 0.452. The maximum absolute atomic E-state index is 5.23. The molecule has 1 saturated heterocycles. The summed E-state index contributed by atoms with van der Waals surface area (Å²) in [4.78, 5) is 0. The van der Waals surface area contributed by atoms with E-state index < -0.39 is 0 Å². The third-order valence-corrected chi connectivity index (χ3v) is 3.63. The van der Waals surface area contributed by atoms with E-state index in [0.717, 1.165) is 31.7 Å². The minimum Gasteiger partial charge on any atom is -0.497 e. The van der Waals surface area contributed by atoms with Gasteiger partial charge in [0.1, 0.15) is 5.75 Å². The molecule has 0 spiro atoms. The van der Waals surface area contributed by atoms with Gasteiger partial charge in [0, 0.05) is 19.9 Å². The lowest BCUT2D eigenvalue weighted by atomic mass is 10.1. The summed E-state index contributed by atoms with van der Waals surface area (Å²) in [5.41, 5.74) is 1.28. The topological polar surface area (TPSA) is 34.1 Å². The van der Waals surface area contributed by atoms with Gasteiger partial charge in [-0.1, -0.05) is 12.1 Å². The molecule has 1 aromatic rings. The van der Waals surface area contributed by atoms with Crippen LogP contribution in [-0.4, -0.2) is 44.6 Å². The first-order valence-corrected chi connectivity index (χ1v) is 7.24. The third kappa shape index (κ3) is 4.23. The first-order chi connectivity index (χ1) is 9.83. The van der Waals surface area contributed by atoms with E-state index >= 15 is 0 Å². The fourth-order valence-corrected chi connectivity index (χ4v) is 2.56. The molecule has 1 aromatic carbocycles. The van der Waals surface area contributed by atoms with Crippen molar-refractivity contribution in [2.24, 2.45) is 5.10 Å². The van der Waals surface area contributed by atoms with Crippen molar-refractivity contribution in [3.63, 3.8) is 0 Å². The highest BCUT2D eigenvalue weighted by Gasteiger charge is 2.22. The van der Waals surface area contributed by atoms with E-state index in [9.17, 15) is 0 Å². The van der Waals surface area contributed by atoms with Gasteiger partial charge in [-0.3, -0.25) is 5.01 Å². The van der Waals surface area contributed by atoms with Gasteiger partial charge < -0.3 is 9.47 Å². The van der Waals surface area contributed by atoms with Crippen LogP contribution in [0.5, 0.6) is 5.75 Å². The zero-order chi connectivity index (χ0) is 14.2.